The van der Waals surface area contributed by atoms with Crippen LogP contribution in [0.3, 0.4) is 0 Å². The minimum absolute atomic E-state index is 0.0464. The molecule has 0 aromatic heterocycles. The Morgan fingerprint density at radius 1 is 0.923 bits per heavy atom. The van der Waals surface area contributed by atoms with Gasteiger partial charge in [0.05, 0.1) is 13.1 Å². The number of carbonyl (C=O) groups is 2. The molecular weight excluding hydrogens is 326 g/mol. The van der Waals surface area contributed by atoms with Gasteiger partial charge in [0.15, 0.2) is 0 Å². The molecule has 138 valence electrons. The third-order valence-corrected chi connectivity index (χ3v) is 3.76. The first-order chi connectivity index (χ1) is 12.2. The van der Waals surface area contributed by atoms with Gasteiger partial charge in [-0.3, -0.25) is 9.59 Å². The first-order valence-electron chi connectivity index (χ1n) is 8.69. The summed E-state index contributed by atoms with van der Waals surface area (Å²) in [5, 5.41) is 5.95. The van der Waals surface area contributed by atoms with Crippen LogP contribution in [-0.2, 0) is 9.59 Å². The largest absolute Gasteiger partial charge is 0.376 e. The van der Waals surface area contributed by atoms with Gasteiger partial charge in [-0.25, -0.2) is 0 Å². The van der Waals surface area contributed by atoms with Crippen LogP contribution in [0.5, 0.6) is 0 Å². The van der Waals surface area contributed by atoms with Crippen molar-refractivity contribution in [1.29, 1.82) is 0 Å². The number of anilines is 1. The maximum absolute atomic E-state index is 12.2. The predicted molar refractivity (Wildman–Crippen MR) is 106 cm³/mol. The van der Waals surface area contributed by atoms with Crippen molar-refractivity contribution in [2.24, 2.45) is 0 Å². The Kier molecular flexibility index (Phi) is 6.39. The summed E-state index contributed by atoms with van der Waals surface area (Å²) < 4.78 is 0. The first kappa shape index (κ1) is 19.5. The SMILES string of the molecule is CN(CC(=O)NC(C)(C)C)C(=O)CNc1ccc(-c2ccccc2)cc1. The number of amides is 2. The number of benzene rings is 2. The summed E-state index contributed by atoms with van der Waals surface area (Å²) in [6, 6.07) is 18.0. The number of nitrogens with one attached hydrogen (secondary N) is 2. The second kappa shape index (κ2) is 8.52. The molecule has 5 heteroatoms. The zero-order valence-electron chi connectivity index (χ0n) is 15.9. The van der Waals surface area contributed by atoms with Crippen LogP contribution >= 0.6 is 0 Å². The Labute approximate surface area is 155 Å². The summed E-state index contributed by atoms with van der Waals surface area (Å²) in [5.74, 6) is -0.304. The highest BCUT2D eigenvalue weighted by molar-refractivity contribution is 5.87. The lowest BCUT2D eigenvalue weighted by Crippen LogP contribution is -2.47. The number of likely N-dealkylation sites (N-methyl/N-ethyl adjacent to an activating group) is 1. The van der Waals surface area contributed by atoms with Gasteiger partial charge >= 0.3 is 0 Å². The van der Waals surface area contributed by atoms with E-state index in [1.54, 1.807) is 7.05 Å². The van der Waals surface area contributed by atoms with Gasteiger partial charge in [-0.05, 0) is 44.0 Å². The van der Waals surface area contributed by atoms with Crippen LogP contribution in [0.2, 0.25) is 0 Å². The van der Waals surface area contributed by atoms with Crippen LogP contribution in [0.25, 0.3) is 11.1 Å². The van der Waals surface area contributed by atoms with Gasteiger partial charge in [-0.1, -0.05) is 42.5 Å². The van der Waals surface area contributed by atoms with Crippen LogP contribution in [0.15, 0.2) is 54.6 Å². The minimum Gasteiger partial charge on any atom is -0.376 e. The van der Waals surface area contributed by atoms with E-state index in [2.05, 4.69) is 22.8 Å². The summed E-state index contributed by atoms with van der Waals surface area (Å²) in [6.07, 6.45) is 0. The second-order valence-electron chi connectivity index (χ2n) is 7.34. The molecule has 0 radical (unpaired) electrons. The summed E-state index contributed by atoms with van der Waals surface area (Å²) in [7, 11) is 1.63. The maximum atomic E-state index is 12.2. The van der Waals surface area contributed by atoms with Gasteiger partial charge < -0.3 is 15.5 Å². The lowest BCUT2D eigenvalue weighted by molar-refractivity contribution is -0.133. The highest BCUT2D eigenvalue weighted by atomic mass is 16.2. The molecule has 2 N–H and O–H groups in total. The average molecular weight is 353 g/mol. The average Bonchev–Trinajstić information content (AvgIpc) is 2.59. The normalized spacial score (nSPS) is 10.9. The molecule has 2 amide bonds. The standard InChI is InChI=1S/C21H27N3O2/c1-21(2,3)23-19(25)15-24(4)20(26)14-22-18-12-10-17(11-13-18)16-8-6-5-7-9-16/h5-13,22H,14-15H2,1-4H3,(H,23,25). The Morgan fingerprint density at radius 3 is 2.08 bits per heavy atom. The third-order valence-electron chi connectivity index (χ3n) is 3.76. The molecule has 0 saturated carbocycles. The van der Waals surface area contributed by atoms with Crippen LogP contribution in [0, 0.1) is 0 Å². The lowest BCUT2D eigenvalue weighted by Gasteiger charge is -2.23. The molecule has 26 heavy (non-hydrogen) atoms. The molecule has 0 aliphatic carbocycles. The summed E-state index contributed by atoms with van der Waals surface area (Å²) >= 11 is 0. The van der Waals surface area contributed by atoms with Gasteiger partial charge in [-0.15, -0.1) is 0 Å². The Morgan fingerprint density at radius 2 is 1.50 bits per heavy atom. The molecule has 0 atom stereocenters. The van der Waals surface area contributed by atoms with Crippen molar-refractivity contribution in [2.45, 2.75) is 26.3 Å². The Hall–Kier alpha value is -2.82. The molecule has 0 saturated heterocycles. The Bertz CT molecular complexity index is 734. The molecule has 0 heterocycles. The zero-order valence-corrected chi connectivity index (χ0v) is 15.9. The molecule has 0 fully saturated rings. The van der Waals surface area contributed by atoms with Gasteiger partial charge in [0.1, 0.15) is 0 Å². The monoisotopic (exact) mass is 353 g/mol. The van der Waals surface area contributed by atoms with Crippen molar-refractivity contribution in [3.8, 4) is 11.1 Å². The summed E-state index contributed by atoms with van der Waals surface area (Å²) in [4.78, 5) is 25.5. The first-order valence-corrected chi connectivity index (χ1v) is 8.69. The van der Waals surface area contributed by atoms with Crippen LogP contribution in [-0.4, -0.2) is 42.4 Å². The molecule has 0 unspecified atom stereocenters. The van der Waals surface area contributed by atoms with Gasteiger partial charge in [0.2, 0.25) is 11.8 Å². The van der Waals surface area contributed by atoms with Crippen LogP contribution in [0.4, 0.5) is 5.69 Å². The van der Waals surface area contributed by atoms with Crippen molar-refractivity contribution < 1.29 is 9.59 Å². The van der Waals surface area contributed by atoms with Crippen LogP contribution < -0.4 is 10.6 Å². The van der Waals surface area contributed by atoms with Crippen LogP contribution in [0.1, 0.15) is 20.8 Å². The molecule has 2 aromatic carbocycles. The summed E-state index contributed by atoms with van der Waals surface area (Å²) in [6.45, 7) is 5.92. The lowest BCUT2D eigenvalue weighted by atomic mass is 10.1. The number of nitrogens with zero attached hydrogens (tertiary/aromatic N) is 1. The van der Waals surface area contributed by atoms with Gasteiger partial charge in [0.25, 0.3) is 0 Å². The van der Waals surface area contributed by atoms with E-state index in [4.69, 9.17) is 0 Å². The van der Waals surface area contributed by atoms with E-state index >= 15 is 0 Å². The minimum atomic E-state index is -0.306. The van der Waals surface area contributed by atoms with Crippen molar-refractivity contribution in [1.82, 2.24) is 10.2 Å². The molecule has 0 spiro atoms. The fourth-order valence-corrected chi connectivity index (χ4v) is 2.49. The molecule has 0 aliphatic heterocycles. The number of carbonyl (C=O) groups excluding carboxylic acids is 2. The highest BCUT2D eigenvalue weighted by Crippen LogP contribution is 2.20. The van der Waals surface area contributed by atoms with Crippen molar-refractivity contribution in [2.75, 3.05) is 25.5 Å². The molecular formula is C21H27N3O2. The van der Waals surface area contributed by atoms with Crippen molar-refractivity contribution >= 4 is 17.5 Å². The van der Waals surface area contributed by atoms with Gasteiger partial charge in [-0.2, -0.15) is 0 Å². The van der Waals surface area contributed by atoms with Crippen molar-refractivity contribution in [3.63, 3.8) is 0 Å². The highest BCUT2D eigenvalue weighted by Gasteiger charge is 2.17. The molecule has 0 bridgehead atoms. The van der Waals surface area contributed by atoms with E-state index in [9.17, 15) is 9.59 Å². The van der Waals surface area contributed by atoms with E-state index in [-0.39, 0.29) is 30.4 Å². The molecule has 2 aromatic rings. The fourth-order valence-electron chi connectivity index (χ4n) is 2.49. The topological polar surface area (TPSA) is 61.4 Å². The quantitative estimate of drug-likeness (QED) is 0.839. The van der Waals surface area contributed by atoms with Gasteiger partial charge in [0, 0.05) is 18.3 Å². The van der Waals surface area contributed by atoms with E-state index in [1.165, 1.54) is 4.90 Å². The number of hydrogen-bond donors (Lipinski definition) is 2. The van der Waals surface area contributed by atoms with Crippen molar-refractivity contribution in [3.05, 3.63) is 54.6 Å². The maximum Gasteiger partial charge on any atom is 0.242 e. The fraction of sp³-hybridized carbons (Fsp3) is 0.333. The zero-order chi connectivity index (χ0) is 19.2. The predicted octanol–water partition coefficient (Wildman–Crippen LogP) is 3.14. The molecule has 2 rings (SSSR count). The molecule has 5 nitrogen and oxygen atoms in total. The number of rotatable bonds is 6. The Balaban J connectivity index is 1.84. The molecule has 0 aliphatic rings. The third kappa shape index (κ3) is 6.24. The van der Waals surface area contributed by atoms with E-state index in [1.807, 2.05) is 63.2 Å². The summed E-state index contributed by atoms with van der Waals surface area (Å²) in [5.41, 5.74) is 2.84. The van der Waals surface area contributed by atoms with E-state index in [0.29, 0.717) is 0 Å². The number of hydrogen-bond acceptors (Lipinski definition) is 3. The smallest absolute Gasteiger partial charge is 0.242 e. The second-order valence-corrected chi connectivity index (χ2v) is 7.34. The van der Waals surface area contributed by atoms with E-state index < -0.39 is 0 Å². The van der Waals surface area contributed by atoms with E-state index in [0.717, 1.165) is 16.8 Å².